The van der Waals surface area contributed by atoms with Crippen LogP contribution in [0.4, 0.5) is 26.3 Å². The molecule has 0 radical (unpaired) electrons. The van der Waals surface area contributed by atoms with E-state index in [0.29, 0.717) is 23.8 Å². The van der Waals surface area contributed by atoms with Crippen molar-refractivity contribution in [3.63, 3.8) is 0 Å². The molecular formula is C20H14F6N4O2. The predicted molar refractivity (Wildman–Crippen MR) is 98.0 cm³/mol. The van der Waals surface area contributed by atoms with Gasteiger partial charge in [0.05, 0.1) is 24.3 Å². The molecular weight excluding hydrogens is 442 g/mol. The fourth-order valence-electron chi connectivity index (χ4n) is 2.87. The Morgan fingerprint density at radius 2 is 1.75 bits per heavy atom. The van der Waals surface area contributed by atoms with E-state index >= 15 is 0 Å². The fraction of sp³-hybridized carbons (Fsp3) is 0.250. The molecule has 32 heavy (non-hydrogen) atoms. The molecule has 3 rings (SSSR count). The number of halogens is 6. The van der Waals surface area contributed by atoms with E-state index in [2.05, 4.69) is 10.2 Å². The summed E-state index contributed by atoms with van der Waals surface area (Å²) in [7, 11) is 0. The van der Waals surface area contributed by atoms with Crippen molar-refractivity contribution in [2.75, 3.05) is 6.61 Å². The van der Waals surface area contributed by atoms with Crippen LogP contribution in [0, 0.1) is 11.3 Å². The first-order valence-electron chi connectivity index (χ1n) is 8.99. The average Bonchev–Trinajstić information content (AvgIpc) is 3.14. The van der Waals surface area contributed by atoms with E-state index < -0.39 is 35.6 Å². The molecule has 12 heteroatoms. The highest BCUT2D eigenvalue weighted by Gasteiger charge is 2.37. The summed E-state index contributed by atoms with van der Waals surface area (Å²) >= 11 is 0. The maximum atomic E-state index is 13.2. The lowest BCUT2D eigenvalue weighted by molar-refractivity contribution is -0.142. The molecule has 0 fully saturated rings. The Labute approximate surface area is 177 Å². The van der Waals surface area contributed by atoms with Crippen LogP contribution in [0.25, 0.3) is 11.3 Å². The van der Waals surface area contributed by atoms with E-state index in [9.17, 15) is 31.6 Å². The first kappa shape index (κ1) is 23.1. The van der Waals surface area contributed by atoms with Crippen molar-refractivity contribution in [1.29, 1.82) is 5.26 Å². The Balaban J connectivity index is 1.90. The molecule has 0 spiro atoms. The number of nitrogens with zero attached hydrogens (tertiary/aromatic N) is 4. The minimum atomic E-state index is -4.86. The van der Waals surface area contributed by atoms with E-state index in [1.54, 1.807) is 6.07 Å². The summed E-state index contributed by atoms with van der Waals surface area (Å²) in [6, 6.07) is 8.78. The Hall–Kier alpha value is -3.59. The number of benzene rings is 2. The molecule has 0 aliphatic heterocycles. The van der Waals surface area contributed by atoms with Gasteiger partial charge in [0.25, 0.3) is 0 Å². The van der Waals surface area contributed by atoms with Crippen molar-refractivity contribution in [3.05, 3.63) is 64.8 Å². The molecule has 0 saturated heterocycles. The monoisotopic (exact) mass is 456 g/mol. The van der Waals surface area contributed by atoms with Crippen molar-refractivity contribution in [1.82, 2.24) is 15.0 Å². The number of hydrogen-bond acceptors (Lipinski definition) is 5. The van der Waals surface area contributed by atoms with Gasteiger partial charge in [-0.25, -0.2) is 0 Å². The Bertz CT molecular complexity index is 1150. The van der Waals surface area contributed by atoms with Gasteiger partial charge in [0.1, 0.15) is 24.1 Å². The Kier molecular flexibility index (Phi) is 6.40. The molecule has 6 nitrogen and oxygen atoms in total. The minimum absolute atomic E-state index is 0.0423. The van der Waals surface area contributed by atoms with Crippen molar-refractivity contribution >= 4 is 0 Å². The third kappa shape index (κ3) is 5.17. The summed E-state index contributed by atoms with van der Waals surface area (Å²) in [4.78, 5) is 1.11. The zero-order chi connectivity index (χ0) is 23.5. The molecule has 3 aromatic rings. The van der Waals surface area contributed by atoms with Crippen LogP contribution < -0.4 is 4.74 Å². The summed E-state index contributed by atoms with van der Waals surface area (Å²) in [6.07, 6.45) is -9.68. The van der Waals surface area contributed by atoms with E-state index in [1.165, 1.54) is 18.2 Å². The van der Waals surface area contributed by atoms with Crippen molar-refractivity contribution in [3.8, 4) is 23.1 Å². The van der Waals surface area contributed by atoms with E-state index in [-0.39, 0.29) is 30.3 Å². The second-order valence-electron chi connectivity index (χ2n) is 6.51. The number of hydrogen-bond donors (Lipinski definition) is 1. The van der Waals surface area contributed by atoms with Crippen LogP contribution in [-0.2, 0) is 25.5 Å². The maximum absolute atomic E-state index is 13.2. The summed E-state index contributed by atoms with van der Waals surface area (Å²) < 4.78 is 83.9. The number of nitriles is 1. The SMILES string of the molecule is N#Cc1nn(CCO)nc1-c1cccc(OCc2cc(C(F)(F)F)ccc2C(F)(F)F)c1. The van der Waals surface area contributed by atoms with Gasteiger partial charge in [-0.15, -0.1) is 5.10 Å². The number of rotatable bonds is 6. The highest BCUT2D eigenvalue weighted by Crippen LogP contribution is 2.37. The molecule has 0 atom stereocenters. The fourth-order valence-corrected chi connectivity index (χ4v) is 2.87. The summed E-state index contributed by atoms with van der Waals surface area (Å²) in [5, 5.41) is 26.2. The van der Waals surface area contributed by atoms with Crippen LogP contribution in [0.15, 0.2) is 42.5 Å². The van der Waals surface area contributed by atoms with Crippen molar-refractivity contribution in [2.45, 2.75) is 25.5 Å². The molecule has 0 saturated carbocycles. The van der Waals surface area contributed by atoms with Crippen LogP contribution in [0.1, 0.15) is 22.4 Å². The lowest BCUT2D eigenvalue weighted by atomic mass is 10.0. The lowest BCUT2D eigenvalue weighted by Gasteiger charge is -2.16. The van der Waals surface area contributed by atoms with Gasteiger partial charge in [0.15, 0.2) is 5.69 Å². The quantitative estimate of drug-likeness (QED) is 0.555. The van der Waals surface area contributed by atoms with Gasteiger partial charge in [-0.3, -0.25) is 0 Å². The largest absolute Gasteiger partial charge is 0.489 e. The first-order chi connectivity index (χ1) is 15.0. The number of ether oxygens (including phenoxy) is 1. The van der Waals surface area contributed by atoms with Crippen LogP contribution in [0.2, 0.25) is 0 Å². The molecule has 0 unspecified atom stereocenters. The average molecular weight is 456 g/mol. The second kappa shape index (κ2) is 8.88. The topological polar surface area (TPSA) is 84.0 Å². The van der Waals surface area contributed by atoms with E-state index in [1.807, 2.05) is 6.07 Å². The summed E-state index contributed by atoms with van der Waals surface area (Å²) in [5.74, 6) is 0.0497. The maximum Gasteiger partial charge on any atom is 0.416 e. The van der Waals surface area contributed by atoms with E-state index in [0.717, 1.165) is 4.80 Å². The van der Waals surface area contributed by atoms with E-state index in [4.69, 9.17) is 9.84 Å². The Morgan fingerprint density at radius 3 is 2.38 bits per heavy atom. The van der Waals surface area contributed by atoms with Crippen LogP contribution in [0.3, 0.4) is 0 Å². The third-order valence-electron chi connectivity index (χ3n) is 4.30. The highest BCUT2D eigenvalue weighted by atomic mass is 19.4. The summed E-state index contributed by atoms with van der Waals surface area (Å²) in [6.45, 7) is -0.994. The molecule has 168 valence electrons. The number of aliphatic hydroxyl groups is 1. The summed E-state index contributed by atoms with van der Waals surface area (Å²) in [5.41, 5.74) is -2.68. The van der Waals surface area contributed by atoms with Gasteiger partial charge in [-0.2, -0.15) is 41.5 Å². The first-order valence-corrected chi connectivity index (χ1v) is 8.99. The van der Waals surface area contributed by atoms with Gasteiger partial charge in [-0.1, -0.05) is 12.1 Å². The number of aromatic nitrogens is 3. The smallest absolute Gasteiger partial charge is 0.416 e. The molecule has 0 bridgehead atoms. The highest BCUT2D eigenvalue weighted by molar-refractivity contribution is 5.65. The standard InChI is InChI=1S/C20H14F6N4O2/c21-19(22,23)14-4-5-16(20(24,25)26)13(8-14)11-32-15-3-1-2-12(9-15)18-17(10-27)28-30(29-18)6-7-31/h1-5,8-9,31H,6-7,11H2. The number of alkyl halides is 6. The second-order valence-corrected chi connectivity index (χ2v) is 6.51. The zero-order valence-electron chi connectivity index (χ0n) is 16.1. The molecule has 0 amide bonds. The molecule has 0 aliphatic rings. The normalized spacial score (nSPS) is 11.9. The van der Waals surface area contributed by atoms with Crippen molar-refractivity contribution < 1.29 is 36.2 Å². The van der Waals surface area contributed by atoms with Crippen LogP contribution in [0.5, 0.6) is 5.75 Å². The van der Waals surface area contributed by atoms with Gasteiger partial charge in [-0.05, 0) is 30.3 Å². The van der Waals surface area contributed by atoms with Gasteiger partial charge >= 0.3 is 12.4 Å². The van der Waals surface area contributed by atoms with Crippen LogP contribution >= 0.6 is 0 Å². The molecule has 1 N–H and O–H groups in total. The van der Waals surface area contributed by atoms with Gasteiger partial charge in [0, 0.05) is 11.1 Å². The van der Waals surface area contributed by atoms with Gasteiger partial charge < -0.3 is 9.84 Å². The molecule has 2 aromatic carbocycles. The molecule has 1 heterocycles. The third-order valence-corrected chi connectivity index (χ3v) is 4.30. The molecule has 0 aliphatic carbocycles. The van der Waals surface area contributed by atoms with Crippen molar-refractivity contribution in [2.24, 2.45) is 0 Å². The number of aliphatic hydroxyl groups excluding tert-OH is 1. The lowest BCUT2D eigenvalue weighted by Crippen LogP contribution is -2.14. The van der Waals surface area contributed by atoms with Gasteiger partial charge in [0.2, 0.25) is 0 Å². The predicted octanol–water partition coefficient (Wildman–Crippen LogP) is 4.43. The Morgan fingerprint density at radius 1 is 1.00 bits per heavy atom. The van der Waals surface area contributed by atoms with Crippen LogP contribution in [-0.4, -0.2) is 26.7 Å². The zero-order valence-corrected chi connectivity index (χ0v) is 16.1. The molecule has 1 aromatic heterocycles. The minimum Gasteiger partial charge on any atom is -0.489 e.